The number of amides is 1. The highest BCUT2D eigenvalue weighted by Gasteiger charge is 2.19. The Hall–Kier alpha value is -4.08. The summed E-state index contributed by atoms with van der Waals surface area (Å²) in [5.74, 6) is -0.465. The minimum atomic E-state index is -0.762. The Morgan fingerprint density at radius 2 is 1.68 bits per heavy atom. The summed E-state index contributed by atoms with van der Waals surface area (Å²) in [5.41, 5.74) is 2.39. The summed E-state index contributed by atoms with van der Waals surface area (Å²) >= 11 is 12.0. The van der Waals surface area contributed by atoms with Gasteiger partial charge in [-0.3, -0.25) is 5.32 Å². The van der Waals surface area contributed by atoms with E-state index in [4.69, 9.17) is 32.7 Å². The zero-order chi connectivity index (χ0) is 30.1. The number of halogens is 2. The lowest BCUT2D eigenvalue weighted by Gasteiger charge is -2.26. The first-order chi connectivity index (χ1) is 19.6. The number of hydrogen-bond acceptors (Lipinski definition) is 8. The topological polar surface area (TPSA) is 112 Å². The molecule has 0 spiro atoms. The standard InChI is InChI=1S/C30H33Cl2N3O6/c1-19-23(28(37)26(34(3)4)20(2)27(19)36)18-40-29(38)22-10-11-25(35(14-12-31)15-13-32)24(16-22)33-30(39)41-17-21-8-6-5-7-9-21/h5-11,16,18,36-37H,2,12-15,17H2,1,3-4H3,(H,33,39). The van der Waals surface area contributed by atoms with Gasteiger partial charge in [0, 0.05) is 49.7 Å². The van der Waals surface area contributed by atoms with Gasteiger partial charge in [0.15, 0.2) is 0 Å². The van der Waals surface area contributed by atoms with Crippen LogP contribution in [0.4, 0.5) is 21.9 Å². The second kappa shape index (κ2) is 14.5. The SMILES string of the molecule is C=c1c(O)c(C)c(=COC(=O)c2ccc(N(CCCl)CCCl)c(NC(=O)OCc3ccccc3)c2)c(O)c1N(C)C. The van der Waals surface area contributed by atoms with Gasteiger partial charge in [-0.1, -0.05) is 36.9 Å². The molecule has 0 bridgehead atoms. The molecule has 1 amide bonds. The number of alkyl halides is 2. The van der Waals surface area contributed by atoms with E-state index in [2.05, 4.69) is 11.9 Å². The smallest absolute Gasteiger partial charge is 0.412 e. The van der Waals surface area contributed by atoms with Crippen molar-refractivity contribution in [3.63, 3.8) is 0 Å². The lowest BCUT2D eigenvalue weighted by Crippen LogP contribution is -2.29. The number of aromatic hydroxyl groups is 2. The zero-order valence-electron chi connectivity index (χ0n) is 23.1. The summed E-state index contributed by atoms with van der Waals surface area (Å²) in [5, 5.41) is 24.4. The van der Waals surface area contributed by atoms with E-state index in [1.54, 1.807) is 32.0 Å². The molecule has 218 valence electrons. The first-order valence-corrected chi connectivity index (χ1v) is 13.8. The minimum absolute atomic E-state index is 0.0580. The van der Waals surface area contributed by atoms with Crippen LogP contribution in [0.2, 0.25) is 0 Å². The Morgan fingerprint density at radius 1 is 1.02 bits per heavy atom. The summed E-state index contributed by atoms with van der Waals surface area (Å²) in [6.45, 7) is 6.34. The van der Waals surface area contributed by atoms with E-state index in [1.165, 1.54) is 12.1 Å². The third-order valence-electron chi connectivity index (χ3n) is 6.27. The van der Waals surface area contributed by atoms with Gasteiger partial charge in [0.1, 0.15) is 24.4 Å². The van der Waals surface area contributed by atoms with Gasteiger partial charge in [0.25, 0.3) is 0 Å². The fraction of sp³-hybridized carbons (Fsp3) is 0.267. The molecule has 3 N–H and O–H groups in total. The molecule has 0 saturated carbocycles. The van der Waals surface area contributed by atoms with E-state index < -0.39 is 12.1 Å². The molecule has 0 fully saturated rings. The van der Waals surface area contributed by atoms with Gasteiger partial charge in [0.2, 0.25) is 0 Å². The number of carbonyl (C=O) groups excluding carboxylic acids is 2. The van der Waals surface area contributed by atoms with Gasteiger partial charge in [0.05, 0.1) is 27.8 Å². The molecule has 0 radical (unpaired) electrons. The van der Waals surface area contributed by atoms with E-state index in [0.717, 1.165) is 11.8 Å². The molecule has 0 aliphatic rings. The highest BCUT2D eigenvalue weighted by molar-refractivity contribution is 6.18. The second-order valence-electron chi connectivity index (χ2n) is 9.26. The van der Waals surface area contributed by atoms with Crippen LogP contribution in [0.25, 0.3) is 12.8 Å². The molecule has 3 rings (SSSR count). The molecular weight excluding hydrogens is 569 g/mol. The van der Waals surface area contributed by atoms with Crippen LogP contribution in [0.1, 0.15) is 21.5 Å². The van der Waals surface area contributed by atoms with Crippen LogP contribution in [0, 0.1) is 6.92 Å². The number of phenols is 2. The van der Waals surface area contributed by atoms with Crippen LogP contribution in [0.15, 0.2) is 48.5 Å². The van der Waals surface area contributed by atoms with Crippen LogP contribution >= 0.6 is 23.2 Å². The van der Waals surface area contributed by atoms with Crippen molar-refractivity contribution in [3.05, 3.63) is 75.7 Å². The molecule has 0 atom stereocenters. The summed E-state index contributed by atoms with van der Waals surface area (Å²) in [6.07, 6.45) is 0.353. The number of ether oxygens (including phenoxy) is 2. The van der Waals surface area contributed by atoms with Gasteiger partial charge in [-0.2, -0.15) is 0 Å². The lowest BCUT2D eigenvalue weighted by atomic mass is 10.1. The molecule has 3 aromatic rings. The maximum Gasteiger partial charge on any atom is 0.412 e. The molecule has 0 heterocycles. The van der Waals surface area contributed by atoms with Crippen LogP contribution in [-0.2, 0) is 16.1 Å². The molecule has 0 unspecified atom stereocenters. The fourth-order valence-electron chi connectivity index (χ4n) is 4.19. The van der Waals surface area contributed by atoms with E-state index in [1.807, 2.05) is 35.2 Å². The molecule has 0 aromatic heterocycles. The Morgan fingerprint density at radius 3 is 2.29 bits per heavy atom. The maximum atomic E-state index is 13.1. The summed E-state index contributed by atoms with van der Waals surface area (Å²) in [7, 11) is 3.37. The van der Waals surface area contributed by atoms with Crippen molar-refractivity contribution >= 4 is 65.2 Å². The predicted molar refractivity (Wildman–Crippen MR) is 164 cm³/mol. The van der Waals surface area contributed by atoms with Crippen LogP contribution < -0.4 is 25.6 Å². The maximum absolute atomic E-state index is 13.1. The number of benzene rings is 3. The predicted octanol–water partition coefficient (Wildman–Crippen LogP) is 4.51. The molecule has 9 nitrogen and oxygen atoms in total. The number of phenolic OH excluding ortho intramolecular Hbond substituents is 2. The lowest BCUT2D eigenvalue weighted by molar-refractivity contribution is 0.0705. The number of esters is 1. The van der Waals surface area contributed by atoms with Crippen molar-refractivity contribution in [3.8, 4) is 11.5 Å². The third-order valence-corrected chi connectivity index (χ3v) is 6.61. The minimum Gasteiger partial charge on any atom is -0.507 e. The second-order valence-corrected chi connectivity index (χ2v) is 10.0. The van der Waals surface area contributed by atoms with Gasteiger partial charge in [-0.05, 0) is 30.7 Å². The van der Waals surface area contributed by atoms with Crippen molar-refractivity contribution < 1.29 is 29.3 Å². The largest absolute Gasteiger partial charge is 0.507 e. The van der Waals surface area contributed by atoms with E-state index in [0.29, 0.717) is 47.5 Å². The number of nitrogens with one attached hydrogen (secondary N) is 1. The third kappa shape index (κ3) is 7.77. The number of rotatable bonds is 11. The first-order valence-electron chi connectivity index (χ1n) is 12.7. The molecule has 0 saturated heterocycles. The van der Waals surface area contributed by atoms with E-state index >= 15 is 0 Å². The normalized spacial score (nSPS) is 11.2. The number of nitrogens with zero attached hydrogens (tertiary/aromatic N) is 2. The molecule has 41 heavy (non-hydrogen) atoms. The van der Waals surface area contributed by atoms with Crippen LogP contribution in [0.3, 0.4) is 0 Å². The van der Waals surface area contributed by atoms with Crippen molar-refractivity contribution in [1.82, 2.24) is 0 Å². The van der Waals surface area contributed by atoms with Crippen molar-refractivity contribution in [2.75, 3.05) is 54.1 Å². The van der Waals surface area contributed by atoms with Gasteiger partial charge >= 0.3 is 12.1 Å². The van der Waals surface area contributed by atoms with Crippen molar-refractivity contribution in [2.45, 2.75) is 13.5 Å². The highest BCUT2D eigenvalue weighted by atomic mass is 35.5. The van der Waals surface area contributed by atoms with Gasteiger partial charge in [-0.25, -0.2) is 9.59 Å². The van der Waals surface area contributed by atoms with Gasteiger partial charge < -0.3 is 29.5 Å². The Labute approximate surface area is 248 Å². The summed E-state index contributed by atoms with van der Waals surface area (Å²) in [4.78, 5) is 29.2. The van der Waals surface area contributed by atoms with Crippen LogP contribution in [0.5, 0.6) is 11.5 Å². The highest BCUT2D eigenvalue weighted by Crippen LogP contribution is 2.29. The number of carbonyl (C=O) groups is 2. The number of anilines is 3. The Kier molecular flexibility index (Phi) is 11.1. The van der Waals surface area contributed by atoms with Crippen molar-refractivity contribution in [2.24, 2.45) is 0 Å². The molecule has 11 heteroatoms. The first kappa shape index (κ1) is 31.4. The molecule has 3 aromatic carbocycles. The molecular formula is C30H33Cl2N3O6. The average molecular weight is 603 g/mol. The Bertz CT molecular complexity index is 1490. The average Bonchev–Trinajstić information content (AvgIpc) is 2.95. The number of hydrogen-bond donors (Lipinski definition) is 3. The Balaban J connectivity index is 1.94. The quantitative estimate of drug-likeness (QED) is 0.167. The van der Waals surface area contributed by atoms with E-state index in [-0.39, 0.29) is 34.1 Å². The monoisotopic (exact) mass is 601 g/mol. The summed E-state index contributed by atoms with van der Waals surface area (Å²) in [6, 6.07) is 13.9. The van der Waals surface area contributed by atoms with Crippen molar-refractivity contribution in [1.29, 1.82) is 0 Å². The molecule has 0 aliphatic heterocycles. The van der Waals surface area contributed by atoms with Crippen LogP contribution in [-0.4, -0.2) is 61.2 Å². The van der Waals surface area contributed by atoms with Gasteiger partial charge in [-0.15, -0.1) is 23.2 Å². The zero-order valence-corrected chi connectivity index (χ0v) is 24.6. The fourth-order valence-corrected chi connectivity index (χ4v) is 4.59. The van der Waals surface area contributed by atoms with E-state index in [9.17, 15) is 19.8 Å². The molecule has 0 aliphatic carbocycles. The summed E-state index contributed by atoms with van der Waals surface area (Å²) < 4.78 is 10.8.